The van der Waals surface area contributed by atoms with Gasteiger partial charge in [-0.05, 0) is 25.3 Å². The van der Waals surface area contributed by atoms with Crippen molar-refractivity contribution in [2.75, 3.05) is 14.2 Å². The van der Waals surface area contributed by atoms with Crippen LogP contribution in [0.3, 0.4) is 0 Å². The Hall–Kier alpha value is -2.31. The summed E-state index contributed by atoms with van der Waals surface area (Å²) in [7, 11) is 2.87. The largest absolute Gasteiger partial charge is 0.493 e. The van der Waals surface area contributed by atoms with Gasteiger partial charge >= 0.3 is 5.97 Å². The Balaban J connectivity index is 2.92. The van der Waals surface area contributed by atoms with Crippen LogP contribution in [-0.2, 0) is 11.2 Å². The minimum atomic E-state index is -0.869. The molecule has 0 aromatic heterocycles. The van der Waals surface area contributed by atoms with Gasteiger partial charge in [0.2, 0.25) is 0 Å². The normalized spacial score (nSPS) is 10.1. The van der Waals surface area contributed by atoms with Crippen molar-refractivity contribution in [3.8, 4) is 11.5 Å². The van der Waals surface area contributed by atoms with E-state index in [-0.39, 0.29) is 12.1 Å². The quantitative estimate of drug-likeness (QED) is 0.447. The Morgan fingerprint density at radius 2 is 1.85 bits per heavy atom. The van der Waals surface area contributed by atoms with Crippen LogP contribution in [0.15, 0.2) is 12.1 Å². The average Bonchev–Trinajstić information content (AvgIpc) is 2.42. The highest BCUT2D eigenvalue weighted by Crippen LogP contribution is 2.35. The zero-order valence-electron chi connectivity index (χ0n) is 11.4. The topological polar surface area (TPSA) is 98.9 Å². The lowest BCUT2D eigenvalue weighted by Gasteiger charge is -2.10. The summed E-state index contributed by atoms with van der Waals surface area (Å²) in [5.41, 5.74) is 0.469. The zero-order chi connectivity index (χ0) is 15.1. The van der Waals surface area contributed by atoms with Crippen LogP contribution >= 0.6 is 0 Å². The minimum absolute atomic E-state index is 0.0435. The molecule has 7 heteroatoms. The fourth-order valence-corrected chi connectivity index (χ4v) is 1.87. The highest BCUT2D eigenvalue weighted by Gasteiger charge is 2.19. The van der Waals surface area contributed by atoms with E-state index in [1.165, 1.54) is 20.3 Å². The summed E-state index contributed by atoms with van der Waals surface area (Å²) in [6.45, 7) is 0. The van der Waals surface area contributed by atoms with Crippen molar-refractivity contribution < 1.29 is 24.3 Å². The van der Waals surface area contributed by atoms with Crippen LogP contribution in [0.2, 0.25) is 0 Å². The monoisotopic (exact) mass is 283 g/mol. The van der Waals surface area contributed by atoms with Gasteiger partial charge in [-0.25, -0.2) is 0 Å². The van der Waals surface area contributed by atoms with Gasteiger partial charge in [-0.2, -0.15) is 0 Å². The summed E-state index contributed by atoms with van der Waals surface area (Å²) in [5.74, 6) is -0.147. The first-order chi connectivity index (χ1) is 9.49. The zero-order valence-corrected chi connectivity index (χ0v) is 11.4. The fourth-order valence-electron chi connectivity index (χ4n) is 1.87. The highest BCUT2D eigenvalue weighted by atomic mass is 16.6. The first kappa shape index (κ1) is 15.7. The summed E-state index contributed by atoms with van der Waals surface area (Å²) >= 11 is 0. The number of nitrogens with zero attached hydrogens (tertiary/aromatic N) is 1. The van der Waals surface area contributed by atoms with Crippen molar-refractivity contribution >= 4 is 11.7 Å². The lowest BCUT2D eigenvalue weighted by molar-refractivity contribution is -0.385. The van der Waals surface area contributed by atoms with Crippen molar-refractivity contribution in [3.63, 3.8) is 0 Å². The third-order valence-electron chi connectivity index (χ3n) is 2.87. The van der Waals surface area contributed by atoms with Crippen LogP contribution < -0.4 is 9.47 Å². The van der Waals surface area contributed by atoms with Gasteiger partial charge in [0.25, 0.3) is 5.69 Å². The van der Waals surface area contributed by atoms with Gasteiger partial charge in [0, 0.05) is 12.0 Å². The van der Waals surface area contributed by atoms with Crippen LogP contribution in [0.5, 0.6) is 11.5 Å². The van der Waals surface area contributed by atoms with E-state index in [1.54, 1.807) is 6.07 Å². The third kappa shape index (κ3) is 4.11. The maximum Gasteiger partial charge on any atom is 0.303 e. The summed E-state index contributed by atoms with van der Waals surface area (Å²) < 4.78 is 10.1. The molecule has 0 saturated heterocycles. The number of nitro benzene ring substituents is 1. The van der Waals surface area contributed by atoms with E-state index >= 15 is 0 Å². The Kier molecular flexibility index (Phi) is 5.76. The summed E-state index contributed by atoms with van der Waals surface area (Å²) in [4.78, 5) is 21.0. The van der Waals surface area contributed by atoms with Gasteiger partial charge < -0.3 is 14.6 Å². The fraction of sp³-hybridized carbons (Fsp3) is 0.462. The Labute approximate surface area is 116 Å². The van der Waals surface area contributed by atoms with Crippen molar-refractivity contribution in [3.05, 3.63) is 27.8 Å². The second-order valence-corrected chi connectivity index (χ2v) is 4.19. The molecule has 20 heavy (non-hydrogen) atoms. The van der Waals surface area contributed by atoms with Gasteiger partial charge in [0.1, 0.15) is 0 Å². The SMILES string of the molecule is COc1cc(CCCCC(=O)O)c([N+](=O)[O-])cc1OC. The number of carboxylic acids is 1. The highest BCUT2D eigenvalue weighted by molar-refractivity contribution is 5.66. The third-order valence-corrected chi connectivity index (χ3v) is 2.87. The van der Waals surface area contributed by atoms with E-state index in [2.05, 4.69) is 0 Å². The summed E-state index contributed by atoms with van der Waals surface area (Å²) in [6.07, 6.45) is 1.51. The standard InChI is InChI=1S/C13H17NO6/c1-19-11-7-9(5-3-4-6-13(15)16)10(14(17)18)8-12(11)20-2/h7-8H,3-6H2,1-2H3,(H,15,16). The van der Waals surface area contributed by atoms with Crippen LogP contribution in [0.1, 0.15) is 24.8 Å². The summed E-state index contributed by atoms with van der Waals surface area (Å²) in [5, 5.41) is 19.6. The molecule has 110 valence electrons. The molecule has 0 amide bonds. The van der Waals surface area contributed by atoms with E-state index < -0.39 is 10.9 Å². The molecule has 1 aromatic carbocycles. The molecule has 0 heterocycles. The molecular weight excluding hydrogens is 266 g/mol. The molecule has 0 aliphatic heterocycles. The van der Waals surface area contributed by atoms with Crippen LogP contribution in [0.4, 0.5) is 5.69 Å². The first-order valence-electron chi connectivity index (χ1n) is 6.10. The molecular formula is C13H17NO6. The minimum Gasteiger partial charge on any atom is -0.493 e. The maximum atomic E-state index is 11.0. The van der Waals surface area contributed by atoms with Crippen LogP contribution in [0, 0.1) is 10.1 Å². The number of methoxy groups -OCH3 is 2. The van der Waals surface area contributed by atoms with Crippen LogP contribution in [-0.4, -0.2) is 30.2 Å². The molecule has 0 aliphatic rings. The number of unbranched alkanes of at least 4 members (excludes halogenated alkanes) is 1. The number of carboxylic acid groups (broad SMARTS) is 1. The Morgan fingerprint density at radius 1 is 1.25 bits per heavy atom. The van der Waals surface area contributed by atoms with Gasteiger partial charge in [-0.3, -0.25) is 14.9 Å². The number of hydrogen-bond donors (Lipinski definition) is 1. The number of ether oxygens (including phenoxy) is 2. The molecule has 0 fully saturated rings. The smallest absolute Gasteiger partial charge is 0.303 e. The number of benzene rings is 1. The average molecular weight is 283 g/mol. The molecule has 0 unspecified atom stereocenters. The predicted octanol–water partition coefficient (Wildman–Crippen LogP) is 2.41. The van der Waals surface area contributed by atoms with Crippen molar-refractivity contribution in [2.45, 2.75) is 25.7 Å². The molecule has 0 radical (unpaired) electrons. The van der Waals surface area contributed by atoms with E-state index in [4.69, 9.17) is 14.6 Å². The Bertz CT molecular complexity index is 500. The molecule has 0 atom stereocenters. The van der Waals surface area contributed by atoms with Crippen LogP contribution in [0.25, 0.3) is 0 Å². The van der Waals surface area contributed by atoms with Gasteiger partial charge in [-0.1, -0.05) is 0 Å². The molecule has 1 rings (SSSR count). The van der Waals surface area contributed by atoms with Crippen molar-refractivity contribution in [1.82, 2.24) is 0 Å². The molecule has 0 spiro atoms. The van der Waals surface area contributed by atoms with Gasteiger partial charge in [-0.15, -0.1) is 0 Å². The molecule has 0 bridgehead atoms. The number of aryl methyl sites for hydroxylation is 1. The second kappa shape index (κ2) is 7.32. The van der Waals surface area contributed by atoms with E-state index in [0.717, 1.165) is 0 Å². The number of carbonyl (C=O) groups is 1. The molecule has 7 nitrogen and oxygen atoms in total. The molecule has 0 aliphatic carbocycles. The van der Waals surface area contributed by atoms with Gasteiger partial charge in [0.05, 0.1) is 25.2 Å². The van der Waals surface area contributed by atoms with E-state index in [0.29, 0.717) is 36.3 Å². The second-order valence-electron chi connectivity index (χ2n) is 4.19. The molecule has 1 N–H and O–H groups in total. The van der Waals surface area contributed by atoms with Crippen molar-refractivity contribution in [1.29, 1.82) is 0 Å². The number of nitro groups is 1. The lowest BCUT2D eigenvalue weighted by Crippen LogP contribution is -2.00. The van der Waals surface area contributed by atoms with E-state index in [1.807, 2.05) is 0 Å². The van der Waals surface area contributed by atoms with Crippen molar-refractivity contribution in [2.24, 2.45) is 0 Å². The van der Waals surface area contributed by atoms with Gasteiger partial charge in [0.15, 0.2) is 11.5 Å². The lowest BCUT2D eigenvalue weighted by atomic mass is 10.0. The number of hydrogen-bond acceptors (Lipinski definition) is 5. The first-order valence-corrected chi connectivity index (χ1v) is 6.10. The van der Waals surface area contributed by atoms with E-state index in [9.17, 15) is 14.9 Å². The number of rotatable bonds is 8. The Morgan fingerprint density at radius 3 is 2.35 bits per heavy atom. The number of aliphatic carboxylic acids is 1. The predicted molar refractivity (Wildman–Crippen MR) is 71.4 cm³/mol. The maximum absolute atomic E-state index is 11.0. The molecule has 0 saturated carbocycles. The summed E-state index contributed by atoms with van der Waals surface area (Å²) in [6, 6.07) is 2.89. The molecule has 1 aromatic rings.